The lowest BCUT2D eigenvalue weighted by molar-refractivity contribution is 1.12. The number of aromatic nitrogens is 1. The van der Waals surface area contributed by atoms with Gasteiger partial charge in [0.05, 0.1) is 0 Å². The maximum Gasteiger partial charge on any atom is 0.0375 e. The number of pyridine rings is 1. The van der Waals surface area contributed by atoms with Crippen LogP contribution in [0.4, 0.5) is 0 Å². The molecule has 0 spiro atoms. The third-order valence-electron chi connectivity index (χ3n) is 1.03. The Kier molecular flexibility index (Phi) is 2.88. The molecule has 2 nitrogen and oxygen atoms in total. The first-order chi connectivity index (χ1) is 3.79. The molecule has 1 heterocycles. The molecule has 1 aromatic heterocycles. The first kappa shape index (κ1) is 8.11. The van der Waals surface area contributed by atoms with Crippen LogP contribution >= 0.6 is 0 Å². The monoisotopic (exact) mass is 124 g/mol. The first-order valence-electron chi connectivity index (χ1n) is 2.69. The maximum atomic E-state index is 4.17. The molecule has 0 aliphatic rings. The predicted molar refractivity (Wildman–Crippen MR) is 38.7 cm³/mol. The summed E-state index contributed by atoms with van der Waals surface area (Å²) in [5, 5.41) is 0. The maximum absolute atomic E-state index is 4.17. The van der Waals surface area contributed by atoms with E-state index in [2.05, 4.69) is 4.98 Å². The molecule has 0 atom stereocenters. The fraction of sp³-hybridized carbons (Fsp3) is 0.286. The molecule has 9 heavy (non-hydrogen) atoms. The Morgan fingerprint density at radius 2 is 1.56 bits per heavy atom. The van der Waals surface area contributed by atoms with Crippen molar-refractivity contribution in [2.75, 3.05) is 0 Å². The highest BCUT2D eigenvalue weighted by atomic mass is 14.7. The molecule has 1 rings (SSSR count). The van der Waals surface area contributed by atoms with Crippen molar-refractivity contribution < 1.29 is 0 Å². The predicted octanol–water partition coefficient (Wildman–Crippen LogP) is 1.86. The quantitative estimate of drug-likeness (QED) is 0.573. The van der Waals surface area contributed by atoms with Crippen molar-refractivity contribution in [2.24, 2.45) is 0 Å². The molecule has 50 valence electrons. The van der Waals surface area contributed by atoms with Gasteiger partial charge in [0, 0.05) is 11.4 Å². The molecule has 0 aliphatic heterocycles. The summed E-state index contributed by atoms with van der Waals surface area (Å²) in [6.07, 6.45) is 0. The number of hydrogen-bond acceptors (Lipinski definition) is 2. The van der Waals surface area contributed by atoms with Crippen LogP contribution in [0.2, 0.25) is 0 Å². The Hall–Kier alpha value is -0.890. The van der Waals surface area contributed by atoms with E-state index in [0.29, 0.717) is 0 Å². The Bertz CT molecular complexity index is 167. The van der Waals surface area contributed by atoms with Crippen molar-refractivity contribution in [1.29, 1.82) is 0 Å². The number of nitrogens with zero attached hydrogens (tertiary/aromatic N) is 1. The average Bonchev–Trinajstić information content (AvgIpc) is 1.64. The van der Waals surface area contributed by atoms with Gasteiger partial charge in [0.25, 0.3) is 0 Å². The summed E-state index contributed by atoms with van der Waals surface area (Å²) in [5.74, 6) is 0. The molecule has 0 aromatic carbocycles. The van der Waals surface area contributed by atoms with Crippen LogP contribution in [-0.2, 0) is 0 Å². The molecule has 0 radical (unpaired) electrons. The summed E-state index contributed by atoms with van der Waals surface area (Å²) < 4.78 is 0. The minimum Gasteiger partial charge on any atom is -0.344 e. The Balaban J connectivity index is 0.000000640. The van der Waals surface area contributed by atoms with Crippen molar-refractivity contribution >= 4 is 0 Å². The van der Waals surface area contributed by atoms with Gasteiger partial charge >= 0.3 is 0 Å². The highest BCUT2D eigenvalue weighted by Gasteiger charge is 1.82. The van der Waals surface area contributed by atoms with Crippen LogP contribution < -0.4 is 6.15 Å². The van der Waals surface area contributed by atoms with Gasteiger partial charge < -0.3 is 6.15 Å². The molecule has 0 bridgehead atoms. The molecule has 0 saturated carbocycles. The van der Waals surface area contributed by atoms with E-state index in [1.165, 1.54) is 0 Å². The fourth-order valence-electron chi connectivity index (χ4n) is 0.679. The molecule has 1 aromatic rings. The van der Waals surface area contributed by atoms with E-state index in [4.69, 9.17) is 0 Å². The topological polar surface area (TPSA) is 47.9 Å². The second kappa shape index (κ2) is 3.20. The lowest BCUT2D eigenvalue weighted by Gasteiger charge is -1.90. The summed E-state index contributed by atoms with van der Waals surface area (Å²) in [7, 11) is 0. The Morgan fingerprint density at radius 1 is 1.11 bits per heavy atom. The highest BCUT2D eigenvalue weighted by Crippen LogP contribution is 1.93. The molecule has 0 unspecified atom stereocenters. The van der Waals surface area contributed by atoms with Crippen molar-refractivity contribution in [3.8, 4) is 0 Å². The Labute approximate surface area is 55.5 Å². The average molecular weight is 124 g/mol. The first-order valence-corrected chi connectivity index (χ1v) is 2.69. The molecule has 0 aliphatic carbocycles. The largest absolute Gasteiger partial charge is 0.344 e. The van der Waals surface area contributed by atoms with Crippen LogP contribution in [0.25, 0.3) is 0 Å². The molecular formula is C7H12N2. The van der Waals surface area contributed by atoms with Crippen LogP contribution in [-0.4, -0.2) is 4.98 Å². The standard InChI is InChI=1S/C7H9N.H3N/c1-6-4-3-5-7(2)8-6;/h3-5H,1-2H3;1H3. The summed E-state index contributed by atoms with van der Waals surface area (Å²) in [6, 6.07) is 6.00. The second-order valence-corrected chi connectivity index (χ2v) is 1.92. The van der Waals surface area contributed by atoms with Crippen LogP contribution in [0.1, 0.15) is 11.4 Å². The Morgan fingerprint density at radius 3 is 1.78 bits per heavy atom. The second-order valence-electron chi connectivity index (χ2n) is 1.92. The van der Waals surface area contributed by atoms with Gasteiger partial charge in [-0.15, -0.1) is 0 Å². The molecule has 3 N–H and O–H groups in total. The van der Waals surface area contributed by atoms with Crippen LogP contribution in [0.3, 0.4) is 0 Å². The van der Waals surface area contributed by atoms with Crippen LogP contribution in [0, 0.1) is 13.8 Å². The van der Waals surface area contributed by atoms with Gasteiger partial charge in [-0.25, -0.2) is 0 Å². The normalized spacial score (nSPS) is 8.22. The van der Waals surface area contributed by atoms with E-state index in [-0.39, 0.29) is 6.15 Å². The van der Waals surface area contributed by atoms with Crippen molar-refractivity contribution in [3.05, 3.63) is 29.6 Å². The smallest absolute Gasteiger partial charge is 0.0375 e. The summed E-state index contributed by atoms with van der Waals surface area (Å²) in [6.45, 7) is 3.99. The van der Waals surface area contributed by atoms with Crippen LogP contribution in [0.15, 0.2) is 18.2 Å². The van der Waals surface area contributed by atoms with Gasteiger partial charge in [-0.3, -0.25) is 4.98 Å². The third-order valence-corrected chi connectivity index (χ3v) is 1.03. The van der Waals surface area contributed by atoms with E-state index >= 15 is 0 Å². The van der Waals surface area contributed by atoms with Crippen molar-refractivity contribution in [3.63, 3.8) is 0 Å². The van der Waals surface area contributed by atoms with E-state index < -0.39 is 0 Å². The van der Waals surface area contributed by atoms with Gasteiger partial charge in [-0.1, -0.05) is 6.07 Å². The van der Waals surface area contributed by atoms with Crippen molar-refractivity contribution in [2.45, 2.75) is 13.8 Å². The van der Waals surface area contributed by atoms with Crippen LogP contribution in [0.5, 0.6) is 0 Å². The molecular weight excluding hydrogens is 112 g/mol. The summed E-state index contributed by atoms with van der Waals surface area (Å²) in [5.41, 5.74) is 2.18. The van der Waals surface area contributed by atoms with Crippen molar-refractivity contribution in [1.82, 2.24) is 11.1 Å². The highest BCUT2D eigenvalue weighted by molar-refractivity contribution is 5.07. The SMILES string of the molecule is Cc1cccc(C)n1.N. The minimum atomic E-state index is 0. The minimum absolute atomic E-state index is 0. The molecule has 2 heteroatoms. The van der Waals surface area contributed by atoms with Gasteiger partial charge in [0.15, 0.2) is 0 Å². The number of hydrogen-bond donors (Lipinski definition) is 1. The van der Waals surface area contributed by atoms with E-state index in [0.717, 1.165) is 11.4 Å². The molecule has 0 amide bonds. The zero-order valence-corrected chi connectivity index (χ0v) is 5.89. The zero-order chi connectivity index (χ0) is 5.98. The number of aryl methyl sites for hydroxylation is 2. The van der Waals surface area contributed by atoms with E-state index in [1.54, 1.807) is 0 Å². The summed E-state index contributed by atoms with van der Waals surface area (Å²) in [4.78, 5) is 4.17. The lowest BCUT2D eigenvalue weighted by Crippen LogP contribution is -1.81. The zero-order valence-electron chi connectivity index (χ0n) is 5.89. The lowest BCUT2D eigenvalue weighted by atomic mass is 10.3. The molecule has 0 saturated heterocycles. The van der Waals surface area contributed by atoms with E-state index in [1.807, 2.05) is 32.0 Å². The van der Waals surface area contributed by atoms with E-state index in [9.17, 15) is 0 Å². The van der Waals surface area contributed by atoms with Gasteiger partial charge in [-0.05, 0) is 26.0 Å². The van der Waals surface area contributed by atoms with Gasteiger partial charge in [-0.2, -0.15) is 0 Å². The third kappa shape index (κ3) is 2.24. The van der Waals surface area contributed by atoms with Gasteiger partial charge in [0.1, 0.15) is 0 Å². The summed E-state index contributed by atoms with van der Waals surface area (Å²) >= 11 is 0. The molecule has 0 fully saturated rings. The fourth-order valence-corrected chi connectivity index (χ4v) is 0.679. The van der Waals surface area contributed by atoms with Gasteiger partial charge in [0.2, 0.25) is 0 Å². The number of rotatable bonds is 0.